The first-order chi connectivity index (χ1) is 3.15. The molecule has 65 valence electrons. The van der Waals surface area contributed by atoms with E-state index >= 15 is 0 Å². The van der Waals surface area contributed by atoms with Gasteiger partial charge in [0.25, 0.3) is 0 Å². The van der Waals surface area contributed by atoms with E-state index in [0.29, 0.717) is 0 Å². The van der Waals surface area contributed by atoms with Crippen LogP contribution in [0.15, 0.2) is 0 Å². The Bertz CT molecular complexity index is 15.9. The summed E-state index contributed by atoms with van der Waals surface area (Å²) in [5.74, 6) is 1.42. The standard InChI is InChI=1S/C4H9.C3H8.2CH4.Y/c1-4(2)3;1-3-2;;;/h1-3H3;3H2,1-2H3;2*1H4;/q-1;;;;. The van der Waals surface area contributed by atoms with E-state index in [9.17, 15) is 0 Å². The molecule has 0 aliphatic rings. The molecule has 0 bridgehead atoms. The number of hydrogen-bond acceptors (Lipinski definition) is 0. The molecule has 0 heterocycles. The van der Waals surface area contributed by atoms with Crippen molar-refractivity contribution < 1.29 is 32.7 Å². The van der Waals surface area contributed by atoms with Gasteiger partial charge in [-0.25, -0.2) is 0 Å². The van der Waals surface area contributed by atoms with Crippen LogP contribution < -0.4 is 0 Å². The molecule has 1 radical (unpaired) electrons. The second-order valence-electron chi connectivity index (χ2n) is 2.21. The quantitative estimate of drug-likeness (QED) is 0.536. The van der Waals surface area contributed by atoms with Gasteiger partial charge in [0, 0.05) is 32.7 Å². The summed E-state index contributed by atoms with van der Waals surface area (Å²) >= 11 is 0. The molecule has 0 spiro atoms. The third-order valence-corrected chi connectivity index (χ3v) is 0. The van der Waals surface area contributed by atoms with Crippen molar-refractivity contribution in [2.75, 3.05) is 0 Å². The van der Waals surface area contributed by atoms with Crippen molar-refractivity contribution >= 4 is 0 Å². The summed E-state index contributed by atoms with van der Waals surface area (Å²) in [5.41, 5.74) is 0. The van der Waals surface area contributed by atoms with Crippen LogP contribution >= 0.6 is 0 Å². The van der Waals surface area contributed by atoms with Crippen molar-refractivity contribution in [3.63, 3.8) is 0 Å². The maximum Gasteiger partial charge on any atom is 0 e. The van der Waals surface area contributed by atoms with Crippen molar-refractivity contribution in [1.82, 2.24) is 0 Å². The number of hydrogen-bond donors (Lipinski definition) is 0. The second-order valence-corrected chi connectivity index (χ2v) is 2.21. The Kier molecular flexibility index (Phi) is 97.8. The molecule has 0 aromatic carbocycles. The van der Waals surface area contributed by atoms with Crippen molar-refractivity contribution in [3.05, 3.63) is 5.92 Å². The summed E-state index contributed by atoms with van der Waals surface area (Å²) in [7, 11) is 0. The van der Waals surface area contributed by atoms with Gasteiger partial charge in [-0.15, -0.1) is 0 Å². The van der Waals surface area contributed by atoms with Crippen LogP contribution in [-0.4, -0.2) is 0 Å². The van der Waals surface area contributed by atoms with E-state index in [2.05, 4.69) is 34.6 Å². The average molecular weight is 222 g/mol. The molecule has 0 aliphatic carbocycles. The van der Waals surface area contributed by atoms with E-state index in [-0.39, 0.29) is 47.6 Å². The molecular weight excluding hydrogens is 197 g/mol. The smallest absolute Gasteiger partial charge is 0 e. The van der Waals surface area contributed by atoms with Crippen molar-refractivity contribution in [1.29, 1.82) is 0 Å². The van der Waals surface area contributed by atoms with Gasteiger partial charge in [0.1, 0.15) is 0 Å². The van der Waals surface area contributed by atoms with Gasteiger partial charge in [0.2, 0.25) is 0 Å². The first-order valence-corrected chi connectivity index (χ1v) is 2.91. The average Bonchev–Trinajstić information content (AvgIpc) is 1.33. The summed E-state index contributed by atoms with van der Waals surface area (Å²) in [6.07, 6.45) is 1.25. The van der Waals surface area contributed by atoms with Gasteiger partial charge in [0.15, 0.2) is 0 Å². The fraction of sp³-hybridized carbons (Fsp3) is 0.889. The number of rotatable bonds is 0. The molecule has 0 saturated carbocycles. The molecule has 0 unspecified atom stereocenters. The minimum Gasteiger partial charge on any atom is -0.323 e. The van der Waals surface area contributed by atoms with Crippen LogP contribution in [0.4, 0.5) is 0 Å². The monoisotopic (exact) mass is 222 g/mol. The fourth-order valence-electron chi connectivity index (χ4n) is 0. The molecule has 10 heavy (non-hydrogen) atoms. The van der Waals surface area contributed by atoms with Gasteiger partial charge < -0.3 is 5.92 Å². The molecule has 0 aromatic heterocycles. The summed E-state index contributed by atoms with van der Waals surface area (Å²) in [6, 6.07) is 0. The Morgan fingerprint density at radius 2 is 0.900 bits per heavy atom. The minimum atomic E-state index is 0. The molecule has 0 amide bonds. The van der Waals surface area contributed by atoms with Crippen LogP contribution in [0.1, 0.15) is 55.9 Å². The maximum atomic E-state index is 2.12. The molecule has 1 heteroatoms. The van der Waals surface area contributed by atoms with Crippen LogP contribution in [0.5, 0.6) is 0 Å². The first kappa shape index (κ1) is 30.4. The third kappa shape index (κ3) is 491. The van der Waals surface area contributed by atoms with E-state index in [1.807, 2.05) is 0 Å². The zero-order chi connectivity index (χ0) is 6.28. The molecule has 0 fully saturated rings. The topological polar surface area (TPSA) is 0 Å². The molecule has 0 aliphatic heterocycles. The Morgan fingerprint density at radius 1 is 0.900 bits per heavy atom. The van der Waals surface area contributed by atoms with Crippen molar-refractivity contribution in [3.8, 4) is 0 Å². The zero-order valence-electron chi connectivity index (χ0n) is 6.78. The molecule has 0 N–H and O–H groups in total. The largest absolute Gasteiger partial charge is 0.323 e. The molecule has 0 atom stereocenters. The van der Waals surface area contributed by atoms with E-state index < -0.39 is 0 Å². The summed E-state index contributed by atoms with van der Waals surface area (Å²) in [4.78, 5) is 0. The van der Waals surface area contributed by atoms with Gasteiger partial charge >= 0.3 is 0 Å². The minimum absolute atomic E-state index is 0. The second kappa shape index (κ2) is 32.1. The molecule has 0 saturated heterocycles. The van der Waals surface area contributed by atoms with Crippen LogP contribution in [-0.2, 0) is 32.7 Å². The Balaban J connectivity index is -0.0000000131. The van der Waals surface area contributed by atoms with Crippen LogP contribution in [0, 0.1) is 5.92 Å². The third-order valence-electron chi connectivity index (χ3n) is 0. The van der Waals surface area contributed by atoms with Crippen LogP contribution in [0.3, 0.4) is 0 Å². The molecule has 0 nitrogen and oxygen atoms in total. The predicted molar refractivity (Wildman–Crippen MR) is 49.7 cm³/mol. The predicted octanol–water partition coefficient (Wildman–Crippen LogP) is 4.31. The van der Waals surface area contributed by atoms with E-state index in [4.69, 9.17) is 0 Å². The summed E-state index contributed by atoms with van der Waals surface area (Å²) in [5, 5.41) is 0. The Morgan fingerprint density at radius 3 is 0.900 bits per heavy atom. The van der Waals surface area contributed by atoms with Gasteiger partial charge in [-0.1, -0.05) is 35.1 Å². The zero-order valence-corrected chi connectivity index (χ0v) is 9.62. The Labute approximate surface area is 94.1 Å². The molecular formula is C9H25Y-. The van der Waals surface area contributed by atoms with Gasteiger partial charge in [-0.2, -0.15) is 20.8 Å². The summed E-state index contributed by atoms with van der Waals surface area (Å²) in [6.45, 7) is 10.5. The van der Waals surface area contributed by atoms with E-state index in [1.54, 1.807) is 0 Å². The fourth-order valence-corrected chi connectivity index (χ4v) is 0. The van der Waals surface area contributed by atoms with E-state index in [1.165, 1.54) is 12.3 Å². The normalized spacial score (nSPS) is 5.40. The van der Waals surface area contributed by atoms with Gasteiger partial charge in [0.05, 0.1) is 0 Å². The van der Waals surface area contributed by atoms with Crippen LogP contribution in [0.2, 0.25) is 0 Å². The van der Waals surface area contributed by atoms with Gasteiger partial charge in [-0.05, 0) is 0 Å². The first-order valence-electron chi connectivity index (χ1n) is 2.91. The van der Waals surface area contributed by atoms with Gasteiger partial charge in [-0.3, -0.25) is 0 Å². The van der Waals surface area contributed by atoms with E-state index in [0.717, 1.165) is 0 Å². The SMILES string of the molecule is C.C.CCC.C[C-](C)C.[Y]. The maximum absolute atomic E-state index is 2.12. The van der Waals surface area contributed by atoms with Crippen molar-refractivity contribution in [2.45, 2.75) is 55.9 Å². The molecule has 0 aromatic rings. The Hall–Kier alpha value is 1.10. The van der Waals surface area contributed by atoms with Crippen molar-refractivity contribution in [2.24, 2.45) is 0 Å². The van der Waals surface area contributed by atoms with Crippen LogP contribution in [0.25, 0.3) is 0 Å². The summed E-state index contributed by atoms with van der Waals surface area (Å²) < 4.78 is 0. The molecule has 0 rings (SSSR count).